The third-order valence-corrected chi connectivity index (χ3v) is 2.62. The Morgan fingerprint density at radius 1 is 1.53 bits per heavy atom. The van der Waals surface area contributed by atoms with E-state index in [-0.39, 0.29) is 11.9 Å². The van der Waals surface area contributed by atoms with Crippen LogP contribution in [0.15, 0.2) is 0 Å². The van der Waals surface area contributed by atoms with Crippen LogP contribution in [0.5, 0.6) is 0 Å². The molecule has 2 rings (SSSR count). The van der Waals surface area contributed by atoms with Gasteiger partial charge in [-0.3, -0.25) is 0 Å². The first-order valence-corrected chi connectivity index (χ1v) is 5.28. The fourth-order valence-electron chi connectivity index (χ4n) is 1.92. The number of carbonyl (C=O) groups excluding carboxylic acids is 1. The second-order valence-electron chi connectivity index (χ2n) is 3.61. The van der Waals surface area contributed by atoms with Crippen molar-refractivity contribution in [3.8, 4) is 0 Å². The maximum absolute atomic E-state index is 11.5. The largest absolute Gasteiger partial charge is 0.460 e. The molecule has 0 aliphatic heterocycles. The summed E-state index contributed by atoms with van der Waals surface area (Å²) in [5.41, 5.74) is 0. The number of carbonyl (C=O) groups is 1. The molecule has 0 spiro atoms. The minimum atomic E-state index is -0.436. The van der Waals surface area contributed by atoms with Gasteiger partial charge in [-0.1, -0.05) is 12.8 Å². The van der Waals surface area contributed by atoms with Crippen LogP contribution in [-0.4, -0.2) is 32.8 Å². The summed E-state index contributed by atoms with van der Waals surface area (Å²) in [7, 11) is 0. The fourth-order valence-corrected chi connectivity index (χ4v) is 1.92. The molecule has 15 heavy (non-hydrogen) atoms. The zero-order chi connectivity index (χ0) is 10.7. The van der Waals surface area contributed by atoms with E-state index in [4.69, 9.17) is 4.74 Å². The summed E-state index contributed by atoms with van der Waals surface area (Å²) >= 11 is 0. The second-order valence-corrected chi connectivity index (χ2v) is 3.61. The minimum Gasteiger partial charge on any atom is -0.460 e. The highest BCUT2D eigenvalue weighted by Crippen LogP contribution is 2.29. The molecule has 0 unspecified atom stereocenters. The molecule has 0 aromatic carbocycles. The van der Waals surface area contributed by atoms with Crippen molar-refractivity contribution in [2.75, 3.05) is 6.61 Å². The SMILES string of the molecule is CCOC(=O)c1nnnn1C1CCCC1. The Balaban J connectivity index is 2.17. The van der Waals surface area contributed by atoms with Gasteiger partial charge in [-0.15, -0.1) is 5.10 Å². The lowest BCUT2D eigenvalue weighted by molar-refractivity contribution is 0.0501. The Kier molecular flexibility index (Phi) is 2.94. The van der Waals surface area contributed by atoms with Crippen LogP contribution in [0.25, 0.3) is 0 Å². The Labute approximate surface area is 87.6 Å². The van der Waals surface area contributed by atoms with Crippen LogP contribution in [0.2, 0.25) is 0 Å². The summed E-state index contributed by atoms with van der Waals surface area (Å²) < 4.78 is 6.49. The van der Waals surface area contributed by atoms with Crippen LogP contribution in [0.3, 0.4) is 0 Å². The molecule has 1 fully saturated rings. The summed E-state index contributed by atoms with van der Waals surface area (Å²) in [6.45, 7) is 2.11. The van der Waals surface area contributed by atoms with E-state index in [9.17, 15) is 4.79 Å². The van der Waals surface area contributed by atoms with Gasteiger partial charge in [0.2, 0.25) is 0 Å². The molecule has 1 heterocycles. The summed E-state index contributed by atoms with van der Waals surface area (Å²) in [4.78, 5) is 11.5. The van der Waals surface area contributed by atoms with Gasteiger partial charge in [0, 0.05) is 0 Å². The van der Waals surface area contributed by atoms with E-state index in [1.54, 1.807) is 11.6 Å². The Hall–Kier alpha value is -1.46. The quantitative estimate of drug-likeness (QED) is 0.695. The first kappa shape index (κ1) is 10.1. The van der Waals surface area contributed by atoms with E-state index in [0.29, 0.717) is 6.61 Å². The Morgan fingerprint density at radius 3 is 2.93 bits per heavy atom. The molecule has 0 radical (unpaired) electrons. The molecular formula is C9H14N4O2. The smallest absolute Gasteiger partial charge is 0.378 e. The molecule has 0 amide bonds. The predicted octanol–water partition coefficient (Wildman–Crippen LogP) is 0.965. The van der Waals surface area contributed by atoms with Crippen LogP contribution in [0.1, 0.15) is 49.3 Å². The van der Waals surface area contributed by atoms with Crippen molar-refractivity contribution in [3.05, 3.63) is 5.82 Å². The Bertz CT molecular complexity index is 344. The zero-order valence-corrected chi connectivity index (χ0v) is 8.72. The summed E-state index contributed by atoms with van der Waals surface area (Å²) in [5.74, 6) is -0.210. The third kappa shape index (κ3) is 1.98. The number of esters is 1. The molecule has 82 valence electrons. The number of rotatable bonds is 3. The number of ether oxygens (including phenoxy) is 1. The molecule has 0 bridgehead atoms. The van der Waals surface area contributed by atoms with Gasteiger partial charge in [0.15, 0.2) is 0 Å². The van der Waals surface area contributed by atoms with Gasteiger partial charge in [-0.2, -0.15) is 0 Å². The normalized spacial score (nSPS) is 16.9. The number of tetrazole rings is 1. The molecule has 0 atom stereocenters. The van der Waals surface area contributed by atoms with E-state index in [2.05, 4.69) is 15.5 Å². The maximum Gasteiger partial charge on any atom is 0.378 e. The van der Waals surface area contributed by atoms with Crippen molar-refractivity contribution in [2.45, 2.75) is 38.6 Å². The zero-order valence-electron chi connectivity index (χ0n) is 8.72. The van der Waals surface area contributed by atoms with E-state index in [0.717, 1.165) is 12.8 Å². The highest BCUT2D eigenvalue weighted by molar-refractivity contribution is 5.85. The first-order chi connectivity index (χ1) is 7.33. The molecule has 6 nitrogen and oxygen atoms in total. The van der Waals surface area contributed by atoms with Crippen LogP contribution >= 0.6 is 0 Å². The van der Waals surface area contributed by atoms with Crippen LogP contribution < -0.4 is 0 Å². The third-order valence-electron chi connectivity index (χ3n) is 2.62. The number of aromatic nitrogens is 4. The van der Waals surface area contributed by atoms with Gasteiger partial charge in [0.25, 0.3) is 5.82 Å². The van der Waals surface area contributed by atoms with Crippen molar-refractivity contribution in [1.29, 1.82) is 0 Å². The van der Waals surface area contributed by atoms with E-state index >= 15 is 0 Å². The van der Waals surface area contributed by atoms with Gasteiger partial charge >= 0.3 is 5.97 Å². The van der Waals surface area contributed by atoms with Crippen LogP contribution in [0.4, 0.5) is 0 Å². The molecule has 1 aliphatic carbocycles. The van der Waals surface area contributed by atoms with Gasteiger partial charge in [0.1, 0.15) is 0 Å². The molecule has 6 heteroatoms. The lowest BCUT2D eigenvalue weighted by atomic mass is 10.2. The number of nitrogens with zero attached hydrogens (tertiary/aromatic N) is 4. The van der Waals surface area contributed by atoms with Crippen molar-refractivity contribution in [2.24, 2.45) is 0 Å². The maximum atomic E-state index is 11.5. The van der Waals surface area contributed by atoms with E-state index in [1.165, 1.54) is 12.8 Å². The van der Waals surface area contributed by atoms with Crippen molar-refractivity contribution < 1.29 is 9.53 Å². The lowest BCUT2D eigenvalue weighted by Gasteiger charge is -2.09. The molecule has 0 saturated heterocycles. The van der Waals surface area contributed by atoms with Gasteiger partial charge < -0.3 is 4.74 Å². The van der Waals surface area contributed by atoms with Crippen LogP contribution in [-0.2, 0) is 4.74 Å². The summed E-state index contributed by atoms with van der Waals surface area (Å²) in [6, 6.07) is 0.263. The molecule has 1 aromatic heterocycles. The van der Waals surface area contributed by atoms with Crippen molar-refractivity contribution >= 4 is 5.97 Å². The summed E-state index contributed by atoms with van der Waals surface area (Å²) in [5, 5.41) is 11.1. The van der Waals surface area contributed by atoms with Gasteiger partial charge in [0.05, 0.1) is 12.6 Å². The minimum absolute atomic E-state index is 0.226. The highest BCUT2D eigenvalue weighted by atomic mass is 16.5. The van der Waals surface area contributed by atoms with Crippen molar-refractivity contribution in [3.63, 3.8) is 0 Å². The summed E-state index contributed by atoms with van der Waals surface area (Å²) in [6.07, 6.45) is 4.43. The average molecular weight is 210 g/mol. The standard InChI is InChI=1S/C9H14N4O2/c1-2-15-9(14)8-10-11-12-13(8)7-5-3-4-6-7/h7H,2-6H2,1H3. The lowest BCUT2D eigenvalue weighted by Crippen LogP contribution is -2.17. The molecule has 1 saturated carbocycles. The van der Waals surface area contributed by atoms with E-state index in [1.807, 2.05) is 0 Å². The van der Waals surface area contributed by atoms with E-state index < -0.39 is 5.97 Å². The Morgan fingerprint density at radius 2 is 2.27 bits per heavy atom. The monoisotopic (exact) mass is 210 g/mol. The average Bonchev–Trinajstić information content (AvgIpc) is 2.88. The second kappa shape index (κ2) is 4.37. The van der Waals surface area contributed by atoms with Crippen molar-refractivity contribution in [1.82, 2.24) is 20.2 Å². The van der Waals surface area contributed by atoms with Gasteiger partial charge in [-0.25, -0.2) is 9.48 Å². The fraction of sp³-hybridized carbons (Fsp3) is 0.778. The number of hydrogen-bond acceptors (Lipinski definition) is 5. The molecular weight excluding hydrogens is 196 g/mol. The molecule has 1 aliphatic rings. The highest BCUT2D eigenvalue weighted by Gasteiger charge is 2.25. The number of hydrogen-bond donors (Lipinski definition) is 0. The predicted molar refractivity (Wildman–Crippen MR) is 51.3 cm³/mol. The molecule has 0 N–H and O–H groups in total. The van der Waals surface area contributed by atoms with Crippen LogP contribution in [0, 0.1) is 0 Å². The van der Waals surface area contributed by atoms with Gasteiger partial charge in [-0.05, 0) is 30.2 Å². The topological polar surface area (TPSA) is 69.9 Å². The first-order valence-electron chi connectivity index (χ1n) is 5.28. The molecule has 1 aromatic rings.